The SMILES string of the molecule is CC1(C)CCc2c(O)ccc3c(-c4ccc(Cl)cc4F)c(O)cc1c23. The lowest BCUT2D eigenvalue weighted by molar-refractivity contribution is 0.438. The van der Waals surface area contributed by atoms with Gasteiger partial charge in [0.05, 0.1) is 0 Å². The van der Waals surface area contributed by atoms with E-state index in [-0.39, 0.29) is 16.9 Å². The van der Waals surface area contributed by atoms with Crippen molar-refractivity contribution < 1.29 is 14.6 Å². The van der Waals surface area contributed by atoms with Crippen LogP contribution in [0.5, 0.6) is 11.5 Å². The van der Waals surface area contributed by atoms with Crippen LogP contribution >= 0.6 is 11.6 Å². The van der Waals surface area contributed by atoms with Gasteiger partial charge in [-0.2, -0.15) is 0 Å². The smallest absolute Gasteiger partial charge is 0.132 e. The summed E-state index contributed by atoms with van der Waals surface area (Å²) in [6.45, 7) is 4.24. The van der Waals surface area contributed by atoms with Gasteiger partial charge in [0.2, 0.25) is 0 Å². The van der Waals surface area contributed by atoms with Crippen LogP contribution in [-0.4, -0.2) is 10.2 Å². The average molecular weight is 357 g/mol. The summed E-state index contributed by atoms with van der Waals surface area (Å²) in [5, 5.41) is 23.0. The van der Waals surface area contributed by atoms with Crippen molar-refractivity contribution in [3.63, 3.8) is 0 Å². The molecule has 1 aliphatic carbocycles. The highest BCUT2D eigenvalue weighted by Gasteiger charge is 2.32. The molecule has 0 heterocycles. The Balaban J connectivity index is 2.16. The molecule has 1 aliphatic rings. The highest BCUT2D eigenvalue weighted by molar-refractivity contribution is 6.30. The first-order valence-corrected chi connectivity index (χ1v) is 8.64. The minimum Gasteiger partial charge on any atom is -0.508 e. The highest BCUT2D eigenvalue weighted by atomic mass is 35.5. The van der Waals surface area contributed by atoms with Crippen LogP contribution in [0.15, 0.2) is 36.4 Å². The Morgan fingerprint density at radius 1 is 1.04 bits per heavy atom. The zero-order valence-electron chi connectivity index (χ0n) is 14.0. The molecule has 0 saturated carbocycles. The maximum atomic E-state index is 14.5. The molecule has 0 atom stereocenters. The molecule has 4 rings (SSSR count). The van der Waals surface area contributed by atoms with Crippen molar-refractivity contribution in [3.8, 4) is 22.6 Å². The lowest BCUT2D eigenvalue weighted by Gasteiger charge is -2.33. The molecule has 0 amide bonds. The monoisotopic (exact) mass is 356 g/mol. The summed E-state index contributed by atoms with van der Waals surface area (Å²) in [5.41, 5.74) is 2.45. The summed E-state index contributed by atoms with van der Waals surface area (Å²) in [6, 6.07) is 9.52. The quantitative estimate of drug-likeness (QED) is 0.567. The van der Waals surface area contributed by atoms with Gasteiger partial charge in [0.1, 0.15) is 17.3 Å². The van der Waals surface area contributed by atoms with E-state index in [1.165, 1.54) is 6.07 Å². The Hall–Kier alpha value is -2.26. The van der Waals surface area contributed by atoms with Crippen LogP contribution in [0, 0.1) is 5.82 Å². The molecule has 2 nitrogen and oxygen atoms in total. The van der Waals surface area contributed by atoms with Gasteiger partial charge in [-0.25, -0.2) is 4.39 Å². The molecule has 0 unspecified atom stereocenters. The minimum absolute atomic E-state index is 0.0373. The van der Waals surface area contributed by atoms with Crippen molar-refractivity contribution in [2.45, 2.75) is 32.1 Å². The fourth-order valence-electron chi connectivity index (χ4n) is 3.91. The van der Waals surface area contributed by atoms with Crippen LogP contribution in [0.2, 0.25) is 5.02 Å². The molecule has 0 radical (unpaired) electrons. The van der Waals surface area contributed by atoms with E-state index < -0.39 is 5.82 Å². The normalized spacial score (nSPS) is 15.5. The third kappa shape index (κ3) is 2.37. The molecule has 25 heavy (non-hydrogen) atoms. The number of halogens is 2. The van der Waals surface area contributed by atoms with Crippen molar-refractivity contribution in [2.75, 3.05) is 0 Å². The number of hydrogen-bond acceptors (Lipinski definition) is 2. The van der Waals surface area contributed by atoms with Gasteiger partial charge < -0.3 is 10.2 Å². The molecule has 128 valence electrons. The van der Waals surface area contributed by atoms with E-state index in [4.69, 9.17) is 11.6 Å². The minimum atomic E-state index is -0.484. The zero-order valence-corrected chi connectivity index (χ0v) is 14.8. The van der Waals surface area contributed by atoms with Gasteiger partial charge in [0.25, 0.3) is 0 Å². The van der Waals surface area contributed by atoms with Crippen molar-refractivity contribution in [1.82, 2.24) is 0 Å². The number of rotatable bonds is 1. The Kier molecular flexibility index (Phi) is 3.48. The number of phenols is 2. The zero-order chi connectivity index (χ0) is 17.9. The summed E-state index contributed by atoms with van der Waals surface area (Å²) in [4.78, 5) is 0. The van der Waals surface area contributed by atoms with Crippen LogP contribution in [-0.2, 0) is 11.8 Å². The first-order chi connectivity index (χ1) is 11.8. The standard InChI is InChI=1S/C21H18ClFO2/c1-21(2)8-7-13-17(24)6-5-14-19(13)15(21)10-18(25)20(14)12-4-3-11(22)9-16(12)23/h3-6,9-10,24-25H,7-8H2,1-2H3. The first kappa shape index (κ1) is 16.2. The van der Waals surface area contributed by atoms with Crippen molar-refractivity contribution in [2.24, 2.45) is 0 Å². The van der Waals surface area contributed by atoms with E-state index in [9.17, 15) is 14.6 Å². The van der Waals surface area contributed by atoms with Crippen LogP contribution < -0.4 is 0 Å². The molecule has 0 saturated heterocycles. The Morgan fingerprint density at radius 3 is 2.52 bits per heavy atom. The van der Waals surface area contributed by atoms with Crippen molar-refractivity contribution in [1.29, 1.82) is 0 Å². The number of phenolic OH excluding ortho intramolecular Hbond substituents is 2. The van der Waals surface area contributed by atoms with Crippen LogP contribution in [0.25, 0.3) is 21.9 Å². The highest BCUT2D eigenvalue weighted by Crippen LogP contribution is 2.49. The molecule has 2 N–H and O–H groups in total. The maximum absolute atomic E-state index is 14.5. The second-order valence-corrected chi connectivity index (χ2v) is 7.75. The molecule has 3 aromatic carbocycles. The molecule has 3 aromatic rings. The summed E-state index contributed by atoms with van der Waals surface area (Å²) < 4.78 is 14.5. The number of aryl methyl sites for hydroxylation is 1. The second-order valence-electron chi connectivity index (χ2n) is 7.31. The van der Waals surface area contributed by atoms with Crippen LogP contribution in [0.1, 0.15) is 31.4 Å². The van der Waals surface area contributed by atoms with Gasteiger partial charge in [0, 0.05) is 21.7 Å². The molecule has 4 heteroatoms. The Bertz CT molecular complexity index is 1020. The second kappa shape index (κ2) is 5.37. The van der Waals surface area contributed by atoms with E-state index >= 15 is 0 Å². The topological polar surface area (TPSA) is 40.5 Å². The largest absolute Gasteiger partial charge is 0.508 e. The molecule has 0 bridgehead atoms. The van der Waals surface area contributed by atoms with Gasteiger partial charge in [-0.1, -0.05) is 25.4 Å². The van der Waals surface area contributed by atoms with Crippen LogP contribution in [0.4, 0.5) is 4.39 Å². The molecule has 0 fully saturated rings. The Labute approximate surface area is 150 Å². The fraction of sp³-hybridized carbons (Fsp3) is 0.238. The maximum Gasteiger partial charge on any atom is 0.132 e. The number of hydrogen-bond donors (Lipinski definition) is 2. The molecule has 0 spiro atoms. The lowest BCUT2D eigenvalue weighted by Crippen LogP contribution is -2.23. The summed E-state index contributed by atoms with van der Waals surface area (Å²) in [6.07, 6.45) is 1.62. The van der Waals surface area contributed by atoms with Gasteiger partial charge >= 0.3 is 0 Å². The van der Waals surface area contributed by atoms with Gasteiger partial charge in [-0.05, 0) is 71.0 Å². The third-order valence-electron chi connectivity index (χ3n) is 5.29. The number of aromatic hydroxyl groups is 2. The van der Waals surface area contributed by atoms with Crippen LogP contribution in [0.3, 0.4) is 0 Å². The first-order valence-electron chi connectivity index (χ1n) is 8.26. The van der Waals surface area contributed by atoms with Crippen molar-refractivity contribution in [3.05, 3.63) is 58.4 Å². The van der Waals surface area contributed by atoms with Gasteiger partial charge in [-0.3, -0.25) is 0 Å². The molecular formula is C21H18ClFO2. The fourth-order valence-corrected chi connectivity index (χ4v) is 4.06. The third-order valence-corrected chi connectivity index (χ3v) is 5.53. The van der Waals surface area contributed by atoms with E-state index in [0.717, 1.165) is 34.7 Å². The van der Waals surface area contributed by atoms with Crippen molar-refractivity contribution >= 4 is 22.4 Å². The predicted octanol–water partition coefficient (Wildman–Crippen LogP) is 5.93. The average Bonchev–Trinajstić information content (AvgIpc) is 2.53. The van der Waals surface area contributed by atoms with Gasteiger partial charge in [0.15, 0.2) is 0 Å². The van der Waals surface area contributed by atoms with Gasteiger partial charge in [-0.15, -0.1) is 0 Å². The Morgan fingerprint density at radius 2 is 1.80 bits per heavy atom. The predicted molar refractivity (Wildman–Crippen MR) is 99.0 cm³/mol. The summed E-state index contributed by atoms with van der Waals surface area (Å²) >= 11 is 5.87. The van der Waals surface area contributed by atoms with E-state index in [1.807, 2.05) is 0 Å². The van der Waals surface area contributed by atoms with E-state index in [2.05, 4.69) is 13.8 Å². The summed E-state index contributed by atoms with van der Waals surface area (Å²) in [5.74, 6) is -0.199. The summed E-state index contributed by atoms with van der Waals surface area (Å²) in [7, 11) is 0. The van der Waals surface area contributed by atoms with E-state index in [0.29, 0.717) is 16.1 Å². The molecule has 0 aliphatic heterocycles. The number of benzene rings is 3. The lowest BCUT2D eigenvalue weighted by atomic mass is 9.71. The van der Waals surface area contributed by atoms with E-state index in [1.54, 1.807) is 30.3 Å². The molecule has 0 aromatic heterocycles. The molecular weight excluding hydrogens is 339 g/mol.